The monoisotopic (exact) mass is 230 g/mol. The van der Waals surface area contributed by atoms with Gasteiger partial charge in [-0.25, -0.2) is 0 Å². The van der Waals surface area contributed by atoms with Crippen LogP contribution in [0.5, 0.6) is 0 Å². The van der Waals surface area contributed by atoms with Gasteiger partial charge in [0.1, 0.15) is 0 Å². The first-order valence-corrected chi connectivity index (χ1v) is 6.95. The van der Waals surface area contributed by atoms with Crippen LogP contribution in [0.25, 0.3) is 0 Å². The molecule has 0 aromatic carbocycles. The van der Waals surface area contributed by atoms with Crippen LogP contribution in [0.2, 0.25) is 0 Å². The third-order valence-electron chi connectivity index (χ3n) is 2.52. The van der Waals surface area contributed by atoms with Crippen LogP contribution in [0.15, 0.2) is 0 Å². The molecule has 0 amide bonds. The normalized spacial score (nSPS) is 15.7. The van der Waals surface area contributed by atoms with E-state index in [0.29, 0.717) is 0 Å². The topological polar surface area (TPSA) is 52.9 Å². The molecular formula is C11H22N2OS. The predicted molar refractivity (Wildman–Crippen MR) is 65.0 cm³/mol. The number of rotatable bonds is 7. The number of hydrogen-bond donors (Lipinski definition) is 1. The number of hydrogen-bond acceptors (Lipinski definition) is 3. The summed E-state index contributed by atoms with van der Waals surface area (Å²) < 4.78 is 11.1. The van der Waals surface area contributed by atoms with Gasteiger partial charge in [0.25, 0.3) is 0 Å². The van der Waals surface area contributed by atoms with Crippen molar-refractivity contribution in [1.82, 2.24) is 5.32 Å². The van der Waals surface area contributed by atoms with Crippen LogP contribution in [-0.4, -0.2) is 28.8 Å². The summed E-state index contributed by atoms with van der Waals surface area (Å²) in [6, 6.07) is 2.27. The highest BCUT2D eigenvalue weighted by Gasteiger charge is 2.15. The van der Waals surface area contributed by atoms with Gasteiger partial charge in [0.05, 0.1) is 11.5 Å². The minimum absolute atomic E-state index is 0.244. The predicted octanol–water partition coefficient (Wildman–Crippen LogP) is 1.67. The molecule has 0 radical (unpaired) electrons. The minimum atomic E-state index is -0.727. The highest BCUT2D eigenvalue weighted by atomic mass is 32.2. The molecule has 0 saturated carbocycles. The Morgan fingerprint density at radius 3 is 2.53 bits per heavy atom. The highest BCUT2D eigenvalue weighted by Crippen LogP contribution is 2.16. The van der Waals surface area contributed by atoms with E-state index in [4.69, 9.17) is 5.26 Å². The second kappa shape index (κ2) is 6.97. The minimum Gasteiger partial charge on any atom is -0.317 e. The van der Waals surface area contributed by atoms with Crippen molar-refractivity contribution in [3.63, 3.8) is 0 Å². The van der Waals surface area contributed by atoms with Gasteiger partial charge in [-0.2, -0.15) is 5.26 Å². The van der Waals surface area contributed by atoms with E-state index in [0.717, 1.165) is 25.9 Å². The summed E-state index contributed by atoms with van der Waals surface area (Å²) in [5, 5.41) is 12.3. The summed E-state index contributed by atoms with van der Waals surface area (Å²) in [5.41, 5.74) is -0.244. The van der Waals surface area contributed by atoms with Crippen molar-refractivity contribution in [2.24, 2.45) is 5.41 Å². The molecule has 0 heterocycles. The van der Waals surface area contributed by atoms with Crippen molar-refractivity contribution in [2.75, 3.05) is 19.3 Å². The van der Waals surface area contributed by atoms with Crippen molar-refractivity contribution in [2.45, 2.75) is 38.9 Å². The third kappa shape index (κ3) is 7.52. The van der Waals surface area contributed by atoms with Crippen LogP contribution in [-0.2, 0) is 10.8 Å². The van der Waals surface area contributed by atoms with Crippen molar-refractivity contribution in [3.05, 3.63) is 0 Å². The second-order valence-electron chi connectivity index (χ2n) is 4.59. The SMILES string of the molecule is CC(CCNCCC(C)(C)C#N)S(C)=O. The standard InChI is InChI=1S/C11H22N2OS/c1-10(15(4)14)5-7-13-8-6-11(2,3)9-12/h10,13H,5-8H2,1-4H3. The lowest BCUT2D eigenvalue weighted by molar-refractivity contribution is 0.431. The van der Waals surface area contributed by atoms with Crippen molar-refractivity contribution in [1.29, 1.82) is 5.26 Å². The lowest BCUT2D eigenvalue weighted by Crippen LogP contribution is -2.25. The molecule has 15 heavy (non-hydrogen) atoms. The lowest BCUT2D eigenvalue weighted by Gasteiger charge is -2.15. The van der Waals surface area contributed by atoms with Crippen molar-refractivity contribution < 1.29 is 4.21 Å². The summed E-state index contributed by atoms with van der Waals surface area (Å²) in [5.74, 6) is 0. The molecule has 0 saturated heterocycles. The zero-order valence-corrected chi connectivity index (χ0v) is 11.0. The summed E-state index contributed by atoms with van der Waals surface area (Å²) in [6.45, 7) is 7.61. The second-order valence-corrected chi connectivity index (χ2v) is 6.40. The molecule has 4 heteroatoms. The molecule has 1 N–H and O–H groups in total. The summed E-state index contributed by atoms with van der Waals surface area (Å²) in [7, 11) is -0.727. The highest BCUT2D eigenvalue weighted by molar-refractivity contribution is 7.84. The van der Waals surface area contributed by atoms with Gasteiger partial charge in [-0.1, -0.05) is 6.92 Å². The molecule has 0 aromatic rings. The smallest absolute Gasteiger partial charge is 0.0684 e. The van der Waals surface area contributed by atoms with E-state index in [9.17, 15) is 4.21 Å². The van der Waals surface area contributed by atoms with Crippen LogP contribution >= 0.6 is 0 Å². The quantitative estimate of drug-likeness (QED) is 0.677. The summed E-state index contributed by atoms with van der Waals surface area (Å²) >= 11 is 0. The van der Waals surface area contributed by atoms with E-state index in [1.54, 1.807) is 6.26 Å². The van der Waals surface area contributed by atoms with Gasteiger partial charge >= 0.3 is 0 Å². The van der Waals surface area contributed by atoms with E-state index in [2.05, 4.69) is 11.4 Å². The Balaban J connectivity index is 3.49. The Hall–Kier alpha value is -0.400. The first kappa shape index (κ1) is 14.6. The van der Waals surface area contributed by atoms with E-state index < -0.39 is 10.8 Å². The van der Waals surface area contributed by atoms with Crippen molar-refractivity contribution >= 4 is 10.8 Å². The summed E-state index contributed by atoms with van der Waals surface area (Å²) in [4.78, 5) is 0. The van der Waals surface area contributed by atoms with Crippen LogP contribution in [0.3, 0.4) is 0 Å². The van der Waals surface area contributed by atoms with Gasteiger partial charge in [-0.05, 0) is 39.8 Å². The molecule has 0 rings (SSSR count). The Labute approximate surface area is 95.7 Å². The molecule has 0 aromatic heterocycles. The van der Waals surface area contributed by atoms with Gasteiger partial charge in [0, 0.05) is 22.3 Å². The van der Waals surface area contributed by atoms with E-state index in [1.165, 1.54) is 0 Å². The average Bonchev–Trinajstić information content (AvgIpc) is 2.16. The molecule has 3 nitrogen and oxygen atoms in total. The zero-order valence-electron chi connectivity index (χ0n) is 10.2. The molecule has 0 spiro atoms. The maximum absolute atomic E-state index is 11.1. The van der Waals surface area contributed by atoms with E-state index in [1.807, 2.05) is 20.8 Å². The van der Waals surface area contributed by atoms with Crippen molar-refractivity contribution in [3.8, 4) is 6.07 Å². The zero-order chi connectivity index (χ0) is 11.9. The van der Waals surface area contributed by atoms with Gasteiger partial charge < -0.3 is 5.32 Å². The number of nitrogens with zero attached hydrogens (tertiary/aromatic N) is 1. The van der Waals surface area contributed by atoms with E-state index >= 15 is 0 Å². The van der Waals surface area contributed by atoms with Gasteiger partial charge in [0.2, 0.25) is 0 Å². The van der Waals surface area contributed by atoms with Gasteiger partial charge in [-0.15, -0.1) is 0 Å². The Morgan fingerprint density at radius 2 is 2.07 bits per heavy atom. The van der Waals surface area contributed by atoms with E-state index in [-0.39, 0.29) is 10.7 Å². The molecule has 2 atom stereocenters. The molecule has 0 fully saturated rings. The Morgan fingerprint density at radius 1 is 1.47 bits per heavy atom. The fourth-order valence-electron chi connectivity index (χ4n) is 1.05. The fourth-order valence-corrected chi connectivity index (χ4v) is 1.50. The van der Waals surface area contributed by atoms with Crippen LogP contribution in [0.4, 0.5) is 0 Å². The average molecular weight is 230 g/mol. The Kier molecular flexibility index (Phi) is 6.78. The largest absolute Gasteiger partial charge is 0.317 e. The first-order valence-electron chi connectivity index (χ1n) is 5.33. The number of nitriles is 1. The lowest BCUT2D eigenvalue weighted by atomic mass is 9.91. The molecule has 0 aliphatic carbocycles. The summed E-state index contributed by atoms with van der Waals surface area (Å²) in [6.07, 6.45) is 3.52. The van der Waals surface area contributed by atoms with Crippen LogP contribution in [0, 0.1) is 16.7 Å². The fraction of sp³-hybridized carbons (Fsp3) is 0.909. The molecule has 88 valence electrons. The first-order chi connectivity index (χ1) is 6.89. The maximum atomic E-state index is 11.1. The molecule has 0 aliphatic rings. The van der Waals surface area contributed by atoms with Crippen LogP contribution in [0.1, 0.15) is 33.6 Å². The Bertz CT molecular complexity index is 245. The van der Waals surface area contributed by atoms with Gasteiger partial charge in [-0.3, -0.25) is 4.21 Å². The third-order valence-corrected chi connectivity index (χ3v) is 3.89. The van der Waals surface area contributed by atoms with Gasteiger partial charge in [0.15, 0.2) is 0 Å². The van der Waals surface area contributed by atoms with Crippen LogP contribution < -0.4 is 5.32 Å². The molecular weight excluding hydrogens is 208 g/mol. The molecule has 0 bridgehead atoms. The molecule has 0 aliphatic heterocycles. The number of nitrogens with one attached hydrogen (secondary N) is 1. The molecule has 2 unspecified atom stereocenters. The maximum Gasteiger partial charge on any atom is 0.0684 e.